The molecule has 4 aromatic rings. The fraction of sp³-hybridized carbons (Fsp3) is 0.105. The van der Waals surface area contributed by atoms with E-state index in [1.807, 2.05) is 22.9 Å². The number of ether oxygens (including phenoxy) is 1. The first-order chi connectivity index (χ1) is 13.2. The van der Waals surface area contributed by atoms with Gasteiger partial charge in [0, 0.05) is 21.5 Å². The molecule has 4 rings (SSSR count). The third kappa shape index (κ3) is 3.49. The molecule has 1 N–H and O–H groups in total. The van der Waals surface area contributed by atoms with Crippen LogP contribution in [0.25, 0.3) is 20.7 Å². The van der Waals surface area contributed by atoms with Crippen LogP contribution in [0.2, 0.25) is 0 Å². The number of benzene rings is 1. The Balaban J connectivity index is 1.60. The van der Waals surface area contributed by atoms with Gasteiger partial charge >= 0.3 is 0 Å². The summed E-state index contributed by atoms with van der Waals surface area (Å²) in [5.41, 5.74) is 1.29. The topological polar surface area (TPSA) is 73.2 Å². The third-order valence-corrected chi connectivity index (χ3v) is 5.82. The molecule has 3 aromatic heterocycles. The molecule has 1 amide bonds. The lowest BCUT2D eigenvalue weighted by Gasteiger charge is -2.08. The van der Waals surface area contributed by atoms with Gasteiger partial charge < -0.3 is 10.1 Å². The van der Waals surface area contributed by atoms with Crippen molar-refractivity contribution in [3.63, 3.8) is 0 Å². The van der Waals surface area contributed by atoms with E-state index in [0.717, 1.165) is 10.4 Å². The van der Waals surface area contributed by atoms with Crippen LogP contribution >= 0.6 is 22.7 Å². The fourth-order valence-corrected chi connectivity index (χ4v) is 4.44. The molecule has 0 spiro atoms. The number of hydrogen-bond acceptors (Lipinski definition) is 6. The Labute approximate surface area is 162 Å². The molecular formula is C19H15N3O3S2. The summed E-state index contributed by atoms with van der Waals surface area (Å²) in [6, 6.07) is 10.9. The van der Waals surface area contributed by atoms with Crippen molar-refractivity contribution < 1.29 is 9.53 Å². The average Bonchev–Trinajstić information content (AvgIpc) is 3.34. The van der Waals surface area contributed by atoms with E-state index in [2.05, 4.69) is 10.3 Å². The van der Waals surface area contributed by atoms with Gasteiger partial charge in [0.25, 0.3) is 5.56 Å². The highest BCUT2D eigenvalue weighted by Crippen LogP contribution is 2.33. The largest absolute Gasteiger partial charge is 0.497 e. The maximum absolute atomic E-state index is 12.9. The molecule has 0 aliphatic heterocycles. The molecule has 3 heterocycles. The van der Waals surface area contributed by atoms with Crippen LogP contribution in [-0.2, 0) is 11.3 Å². The van der Waals surface area contributed by atoms with Gasteiger partial charge in [-0.1, -0.05) is 6.07 Å². The maximum atomic E-state index is 12.9. The van der Waals surface area contributed by atoms with Crippen molar-refractivity contribution in [2.24, 2.45) is 0 Å². The van der Waals surface area contributed by atoms with E-state index in [9.17, 15) is 9.59 Å². The van der Waals surface area contributed by atoms with E-state index in [4.69, 9.17) is 4.74 Å². The number of methoxy groups -OCH3 is 1. The smallest absolute Gasteiger partial charge is 0.263 e. The molecule has 0 radical (unpaired) electrons. The summed E-state index contributed by atoms with van der Waals surface area (Å²) < 4.78 is 6.43. The number of carbonyl (C=O) groups is 1. The van der Waals surface area contributed by atoms with Gasteiger partial charge in [-0.3, -0.25) is 14.2 Å². The second-order valence-electron chi connectivity index (χ2n) is 5.76. The first-order valence-electron chi connectivity index (χ1n) is 8.10. The van der Waals surface area contributed by atoms with Gasteiger partial charge in [-0.15, -0.1) is 22.7 Å². The molecule has 6 nitrogen and oxygen atoms in total. The lowest BCUT2D eigenvalue weighted by atomic mass is 10.2. The van der Waals surface area contributed by atoms with Crippen molar-refractivity contribution >= 4 is 44.5 Å². The molecule has 0 saturated carbocycles. The van der Waals surface area contributed by atoms with Crippen LogP contribution in [0.4, 0.5) is 5.69 Å². The number of amides is 1. The normalized spacial score (nSPS) is 10.9. The predicted octanol–water partition coefficient (Wildman–Crippen LogP) is 3.83. The molecule has 8 heteroatoms. The summed E-state index contributed by atoms with van der Waals surface area (Å²) in [7, 11) is 1.58. The van der Waals surface area contributed by atoms with Crippen LogP contribution < -0.4 is 15.6 Å². The van der Waals surface area contributed by atoms with Crippen LogP contribution in [0, 0.1) is 0 Å². The number of nitrogens with zero attached hydrogens (tertiary/aromatic N) is 2. The fourth-order valence-electron chi connectivity index (χ4n) is 2.72. The van der Waals surface area contributed by atoms with Crippen LogP contribution in [0.5, 0.6) is 5.75 Å². The Kier molecular flexibility index (Phi) is 4.74. The number of carbonyl (C=O) groups excluding carboxylic acids is 1. The van der Waals surface area contributed by atoms with Gasteiger partial charge in [0.05, 0.1) is 18.8 Å². The molecule has 27 heavy (non-hydrogen) atoms. The van der Waals surface area contributed by atoms with E-state index in [-0.39, 0.29) is 18.0 Å². The zero-order valence-corrected chi connectivity index (χ0v) is 16.0. The molecule has 0 aliphatic rings. The lowest BCUT2D eigenvalue weighted by Crippen LogP contribution is -2.27. The van der Waals surface area contributed by atoms with Crippen LogP contribution in [0.3, 0.4) is 0 Å². The Bertz CT molecular complexity index is 1150. The number of fused-ring (bicyclic) bond motifs is 1. The Morgan fingerprint density at radius 1 is 1.22 bits per heavy atom. The van der Waals surface area contributed by atoms with Crippen molar-refractivity contribution in [2.75, 3.05) is 12.4 Å². The number of hydrogen-bond donors (Lipinski definition) is 1. The second kappa shape index (κ2) is 7.34. The summed E-state index contributed by atoms with van der Waals surface area (Å²) in [6.45, 7) is -0.104. The Morgan fingerprint density at radius 2 is 2.04 bits per heavy atom. The van der Waals surface area contributed by atoms with Crippen LogP contribution in [0.15, 0.2) is 58.3 Å². The SMILES string of the molecule is COc1ccc(NC(=O)Cn2cnc3scc(-c4cccs4)c3c2=O)cc1. The molecule has 0 bridgehead atoms. The van der Waals surface area contributed by atoms with E-state index < -0.39 is 0 Å². The third-order valence-electron chi connectivity index (χ3n) is 4.04. The van der Waals surface area contributed by atoms with Crippen molar-refractivity contribution in [3.8, 4) is 16.2 Å². The molecular weight excluding hydrogens is 382 g/mol. The molecule has 0 aliphatic carbocycles. The highest BCUT2D eigenvalue weighted by atomic mass is 32.1. The minimum atomic E-state index is -0.295. The van der Waals surface area contributed by atoms with E-state index in [0.29, 0.717) is 21.7 Å². The first kappa shape index (κ1) is 17.4. The second-order valence-corrected chi connectivity index (χ2v) is 7.57. The van der Waals surface area contributed by atoms with Crippen molar-refractivity contribution in [1.29, 1.82) is 0 Å². The van der Waals surface area contributed by atoms with Gasteiger partial charge in [0.15, 0.2) is 0 Å². The summed E-state index contributed by atoms with van der Waals surface area (Å²) >= 11 is 3.00. The lowest BCUT2D eigenvalue weighted by molar-refractivity contribution is -0.116. The number of aromatic nitrogens is 2. The van der Waals surface area contributed by atoms with Gasteiger partial charge in [-0.2, -0.15) is 0 Å². The zero-order chi connectivity index (χ0) is 18.8. The highest BCUT2D eigenvalue weighted by Gasteiger charge is 2.15. The summed E-state index contributed by atoms with van der Waals surface area (Å²) in [5.74, 6) is 0.411. The minimum Gasteiger partial charge on any atom is -0.497 e. The summed E-state index contributed by atoms with van der Waals surface area (Å²) in [6.07, 6.45) is 1.42. The van der Waals surface area contributed by atoms with E-state index in [1.165, 1.54) is 22.2 Å². The first-order valence-corrected chi connectivity index (χ1v) is 9.86. The van der Waals surface area contributed by atoms with Crippen LogP contribution in [0.1, 0.15) is 0 Å². The van der Waals surface area contributed by atoms with Gasteiger partial charge in [0.1, 0.15) is 17.1 Å². The predicted molar refractivity (Wildman–Crippen MR) is 109 cm³/mol. The summed E-state index contributed by atoms with van der Waals surface area (Å²) in [4.78, 5) is 31.3. The van der Waals surface area contributed by atoms with Crippen molar-refractivity contribution in [3.05, 3.63) is 63.8 Å². The number of rotatable bonds is 5. The highest BCUT2D eigenvalue weighted by molar-refractivity contribution is 7.18. The molecule has 0 atom stereocenters. The summed E-state index contributed by atoms with van der Waals surface area (Å²) in [5, 5.41) is 7.24. The molecule has 1 aromatic carbocycles. The monoisotopic (exact) mass is 397 g/mol. The molecule has 0 saturated heterocycles. The maximum Gasteiger partial charge on any atom is 0.263 e. The molecule has 0 fully saturated rings. The zero-order valence-electron chi connectivity index (χ0n) is 14.3. The van der Waals surface area contributed by atoms with Crippen molar-refractivity contribution in [2.45, 2.75) is 6.54 Å². The minimum absolute atomic E-state index is 0.104. The van der Waals surface area contributed by atoms with E-state index in [1.54, 1.807) is 42.7 Å². The van der Waals surface area contributed by atoms with Gasteiger partial charge in [-0.05, 0) is 35.7 Å². The number of nitrogens with one attached hydrogen (secondary N) is 1. The van der Waals surface area contributed by atoms with Crippen molar-refractivity contribution in [1.82, 2.24) is 9.55 Å². The molecule has 136 valence electrons. The number of anilines is 1. The van der Waals surface area contributed by atoms with Gasteiger partial charge in [-0.25, -0.2) is 4.98 Å². The molecule has 0 unspecified atom stereocenters. The quantitative estimate of drug-likeness (QED) is 0.555. The van der Waals surface area contributed by atoms with E-state index >= 15 is 0 Å². The Hall–Kier alpha value is -2.97. The Morgan fingerprint density at radius 3 is 2.74 bits per heavy atom. The van der Waals surface area contributed by atoms with Gasteiger partial charge in [0.2, 0.25) is 5.91 Å². The van der Waals surface area contributed by atoms with Crippen LogP contribution in [-0.4, -0.2) is 22.6 Å². The number of thiophene rings is 2. The standard InChI is InChI=1S/C19H15N3O3S2/c1-25-13-6-4-12(5-7-13)21-16(23)9-22-11-20-18-17(19(22)24)14(10-27-18)15-3-2-8-26-15/h2-8,10-11H,9H2,1H3,(H,21,23). The average molecular weight is 397 g/mol.